The zero-order valence-electron chi connectivity index (χ0n) is 6.26. The smallest absolute Gasteiger partial charge is 0.253 e. The molecule has 3 heteroatoms. The molecule has 8 heavy (non-hydrogen) atoms. The van der Waals surface area contributed by atoms with Gasteiger partial charge in [-0.3, -0.25) is 14.5 Å². The van der Waals surface area contributed by atoms with Crippen molar-refractivity contribution < 1.29 is 12.3 Å². The SMILES string of the molecule is [2H]C1=C([2H])C(=O)N(C)C1=O. The van der Waals surface area contributed by atoms with Crippen LogP contribution in [0.5, 0.6) is 0 Å². The molecule has 0 aliphatic carbocycles. The van der Waals surface area contributed by atoms with Gasteiger partial charge in [-0.2, -0.15) is 0 Å². The molecule has 1 rings (SSSR count). The summed E-state index contributed by atoms with van der Waals surface area (Å²) in [6.07, 6.45) is 0. The fourth-order valence-corrected chi connectivity index (χ4v) is 0.367. The lowest BCUT2D eigenvalue weighted by Crippen LogP contribution is -2.24. The van der Waals surface area contributed by atoms with Crippen molar-refractivity contribution in [3.63, 3.8) is 0 Å². The lowest BCUT2D eigenvalue weighted by atomic mass is 10.6. The van der Waals surface area contributed by atoms with Crippen molar-refractivity contribution in [3.8, 4) is 0 Å². The molecule has 3 nitrogen and oxygen atoms in total. The molecule has 42 valence electrons. The maximum absolute atomic E-state index is 10.7. The van der Waals surface area contributed by atoms with E-state index in [1.807, 2.05) is 0 Å². The predicted octanol–water partition coefficient (Wildman–Crippen LogP) is -0.459. The van der Waals surface area contributed by atoms with E-state index >= 15 is 0 Å². The number of likely N-dealkylation sites (N-methyl/N-ethyl adjacent to an activating group) is 1. The second-order valence-corrected chi connectivity index (χ2v) is 1.42. The molecule has 0 spiro atoms. The quantitative estimate of drug-likeness (QED) is 0.399. The fraction of sp³-hybridized carbons (Fsp3) is 0.200. The number of nitrogens with zero attached hydrogens (tertiary/aromatic N) is 1. The van der Waals surface area contributed by atoms with E-state index in [2.05, 4.69) is 0 Å². The molecule has 0 radical (unpaired) electrons. The first kappa shape index (κ1) is 3.02. The van der Waals surface area contributed by atoms with Crippen LogP contribution in [0.15, 0.2) is 12.1 Å². The van der Waals surface area contributed by atoms with E-state index in [0.29, 0.717) is 0 Å². The van der Waals surface area contributed by atoms with Crippen LogP contribution < -0.4 is 0 Å². The van der Waals surface area contributed by atoms with Crippen molar-refractivity contribution >= 4 is 11.8 Å². The van der Waals surface area contributed by atoms with Crippen molar-refractivity contribution in [1.82, 2.24) is 4.90 Å². The molecule has 1 aliphatic rings. The molecule has 0 atom stereocenters. The first-order valence-corrected chi connectivity index (χ1v) is 2.05. The van der Waals surface area contributed by atoms with Gasteiger partial charge in [0.05, 0.1) is 2.74 Å². The average molecular weight is 113 g/mol. The first-order valence-electron chi connectivity index (χ1n) is 3.05. The van der Waals surface area contributed by atoms with Crippen LogP contribution in [0.3, 0.4) is 0 Å². The van der Waals surface area contributed by atoms with Gasteiger partial charge in [0.2, 0.25) is 0 Å². The molecule has 1 aliphatic heterocycles. The Bertz CT molecular complexity index is 222. The largest absolute Gasteiger partial charge is 0.279 e. The van der Waals surface area contributed by atoms with Gasteiger partial charge in [-0.15, -0.1) is 0 Å². The van der Waals surface area contributed by atoms with Gasteiger partial charge in [0.25, 0.3) is 11.8 Å². The van der Waals surface area contributed by atoms with Crippen LogP contribution in [0.4, 0.5) is 0 Å². The van der Waals surface area contributed by atoms with Gasteiger partial charge in [-0.05, 0) is 0 Å². The highest BCUT2D eigenvalue weighted by Gasteiger charge is 2.17. The monoisotopic (exact) mass is 113 g/mol. The second-order valence-electron chi connectivity index (χ2n) is 1.42. The fourth-order valence-electron chi connectivity index (χ4n) is 0.367. The van der Waals surface area contributed by atoms with Crippen molar-refractivity contribution in [2.45, 2.75) is 0 Å². The van der Waals surface area contributed by atoms with Gasteiger partial charge in [0.15, 0.2) is 0 Å². The van der Waals surface area contributed by atoms with Crippen LogP contribution in [0.25, 0.3) is 0 Å². The Morgan fingerprint density at radius 2 is 1.88 bits per heavy atom. The molecule has 0 unspecified atom stereocenters. The minimum absolute atomic E-state index is 0.521. The summed E-state index contributed by atoms with van der Waals surface area (Å²) in [5.41, 5.74) is 0. The number of amides is 2. The molecule has 0 aromatic heterocycles. The summed E-state index contributed by atoms with van der Waals surface area (Å²) in [6.45, 7) is 0. The standard InChI is InChI=1S/C5H5NO2/c1-6-4(7)2-3-5(6)8/h2-3H,1H3/i2D,3D. The van der Waals surface area contributed by atoms with Gasteiger partial charge >= 0.3 is 0 Å². The third-order valence-electron chi connectivity index (χ3n) is 0.886. The molecule has 0 bridgehead atoms. The summed E-state index contributed by atoms with van der Waals surface area (Å²) in [7, 11) is 1.25. The Hall–Kier alpha value is -1.12. The zero-order valence-corrected chi connectivity index (χ0v) is 4.26. The van der Waals surface area contributed by atoms with E-state index in [1.165, 1.54) is 7.05 Å². The van der Waals surface area contributed by atoms with E-state index in [-0.39, 0.29) is 0 Å². The molecule has 0 saturated carbocycles. The molecular weight excluding hydrogens is 106 g/mol. The Morgan fingerprint density at radius 3 is 2.00 bits per heavy atom. The molecule has 0 aromatic carbocycles. The van der Waals surface area contributed by atoms with Crippen LogP contribution in [0, 0.1) is 0 Å². The van der Waals surface area contributed by atoms with Gasteiger partial charge in [0.1, 0.15) is 0 Å². The number of imide groups is 1. The minimum Gasteiger partial charge on any atom is -0.279 e. The predicted molar refractivity (Wildman–Crippen MR) is 26.9 cm³/mol. The highest BCUT2D eigenvalue weighted by atomic mass is 16.2. The number of hydrogen-bond acceptors (Lipinski definition) is 2. The van der Waals surface area contributed by atoms with Gasteiger partial charge in [0, 0.05) is 19.2 Å². The van der Waals surface area contributed by atoms with E-state index < -0.39 is 23.9 Å². The topological polar surface area (TPSA) is 37.4 Å². The molecule has 0 aromatic rings. The molecule has 2 amide bonds. The highest BCUT2D eigenvalue weighted by Crippen LogP contribution is 1.97. The molecule has 0 fully saturated rings. The van der Waals surface area contributed by atoms with Crippen molar-refractivity contribution in [3.05, 3.63) is 12.1 Å². The Kier molecular flexibility index (Phi) is 0.541. The van der Waals surface area contributed by atoms with Crippen molar-refractivity contribution in [2.75, 3.05) is 7.05 Å². The first-order chi connectivity index (χ1) is 4.55. The van der Waals surface area contributed by atoms with E-state index in [9.17, 15) is 9.59 Å². The minimum atomic E-state index is -0.699. The molecule has 0 N–H and O–H groups in total. The number of carbonyl (C=O) groups is 2. The summed E-state index contributed by atoms with van der Waals surface area (Å²) in [4.78, 5) is 22.1. The zero-order chi connectivity index (χ0) is 7.89. The van der Waals surface area contributed by atoms with Crippen molar-refractivity contribution in [1.29, 1.82) is 0 Å². The van der Waals surface area contributed by atoms with Gasteiger partial charge in [-0.25, -0.2) is 0 Å². The van der Waals surface area contributed by atoms with Gasteiger partial charge in [-0.1, -0.05) is 0 Å². The molecule has 1 heterocycles. The second kappa shape index (κ2) is 1.43. The summed E-state index contributed by atoms with van der Waals surface area (Å²) >= 11 is 0. The lowest BCUT2D eigenvalue weighted by molar-refractivity contribution is -0.135. The summed E-state index contributed by atoms with van der Waals surface area (Å²) < 4.78 is 13.8. The summed E-state index contributed by atoms with van der Waals surface area (Å²) in [5, 5.41) is 0. The Morgan fingerprint density at radius 1 is 1.50 bits per heavy atom. The van der Waals surface area contributed by atoms with E-state index in [0.717, 1.165) is 4.90 Å². The average Bonchev–Trinajstić information content (AvgIpc) is 2.07. The van der Waals surface area contributed by atoms with Crippen LogP contribution >= 0.6 is 0 Å². The van der Waals surface area contributed by atoms with Crippen LogP contribution in [0.1, 0.15) is 2.74 Å². The maximum Gasteiger partial charge on any atom is 0.253 e. The lowest BCUT2D eigenvalue weighted by Gasteiger charge is -2.01. The maximum atomic E-state index is 10.7. The molecular formula is C5H5NO2. The Balaban J connectivity index is 3.11. The van der Waals surface area contributed by atoms with E-state index in [4.69, 9.17) is 2.74 Å². The number of rotatable bonds is 0. The third kappa shape index (κ3) is 0.521. The molecule has 0 saturated heterocycles. The summed E-state index contributed by atoms with van der Waals surface area (Å²) in [5.74, 6) is -1.40. The number of hydrogen-bond donors (Lipinski definition) is 0. The van der Waals surface area contributed by atoms with E-state index in [1.54, 1.807) is 0 Å². The normalized spacial score (nSPS) is 24.4. The third-order valence-corrected chi connectivity index (χ3v) is 0.886. The highest BCUT2D eigenvalue weighted by molar-refractivity contribution is 6.12. The van der Waals surface area contributed by atoms with Crippen LogP contribution in [-0.2, 0) is 9.59 Å². The van der Waals surface area contributed by atoms with Crippen LogP contribution in [0.2, 0.25) is 0 Å². The van der Waals surface area contributed by atoms with Crippen LogP contribution in [-0.4, -0.2) is 23.8 Å². The van der Waals surface area contributed by atoms with Crippen molar-refractivity contribution in [2.24, 2.45) is 0 Å². The summed E-state index contributed by atoms with van der Waals surface area (Å²) in [6, 6.07) is -1.04. The number of carbonyl (C=O) groups excluding carboxylic acids is 2. The van der Waals surface area contributed by atoms with Gasteiger partial charge < -0.3 is 0 Å². The Labute approximate surface area is 49.4 Å².